The molecule has 150 valence electrons. The molecule has 4 atom stereocenters. The highest BCUT2D eigenvalue weighted by Crippen LogP contribution is 2.19. The molecule has 0 aromatic heterocycles. The van der Waals surface area contributed by atoms with Gasteiger partial charge < -0.3 is 25.4 Å². The largest absolute Gasteiger partial charge is 0.454 e. The fraction of sp³-hybridized carbons (Fsp3) is 0.789. The van der Waals surface area contributed by atoms with E-state index in [2.05, 4.69) is 17.0 Å². The first-order chi connectivity index (χ1) is 12.5. The van der Waals surface area contributed by atoms with Crippen molar-refractivity contribution in [2.45, 2.75) is 95.5 Å². The van der Waals surface area contributed by atoms with E-state index in [0.29, 0.717) is 0 Å². The van der Waals surface area contributed by atoms with E-state index in [4.69, 9.17) is 0 Å². The van der Waals surface area contributed by atoms with Gasteiger partial charge in [-0.3, -0.25) is 4.79 Å². The summed E-state index contributed by atoms with van der Waals surface area (Å²) in [7, 11) is 0. The van der Waals surface area contributed by atoms with Crippen molar-refractivity contribution in [3.8, 4) is 0 Å². The van der Waals surface area contributed by atoms with Crippen LogP contribution in [0.3, 0.4) is 0 Å². The van der Waals surface area contributed by atoms with Gasteiger partial charge in [0.05, 0.1) is 0 Å². The summed E-state index contributed by atoms with van der Waals surface area (Å²) in [6, 6.07) is 0. The molecule has 1 aliphatic rings. The number of hydrogen-bond donors (Lipinski definition) is 4. The highest BCUT2D eigenvalue weighted by molar-refractivity contribution is 5.84. The third-order valence-corrected chi connectivity index (χ3v) is 4.55. The molecule has 7 heteroatoms. The molecule has 0 aliphatic carbocycles. The number of rotatable bonds is 13. The number of unbranched alkanes of at least 4 members (excludes halogenated alkanes) is 9. The van der Waals surface area contributed by atoms with Crippen molar-refractivity contribution in [2.75, 3.05) is 0 Å². The number of ether oxygens (including phenoxy) is 1. The number of cyclic esters (lactones) is 1. The summed E-state index contributed by atoms with van der Waals surface area (Å²) in [4.78, 5) is 22.9. The SMILES string of the molecule is CCCCCCCCCCCC=CNC(=O)[C@H](O)[C@H]1OC(=O)[C@@H](O)[C@H]1O. The lowest BCUT2D eigenvalue weighted by molar-refractivity contribution is -0.153. The van der Waals surface area contributed by atoms with Crippen LogP contribution >= 0.6 is 0 Å². The van der Waals surface area contributed by atoms with Gasteiger partial charge in [-0.15, -0.1) is 0 Å². The van der Waals surface area contributed by atoms with E-state index in [1.807, 2.05) is 0 Å². The average Bonchev–Trinajstić information content (AvgIpc) is 2.89. The Hall–Kier alpha value is -1.44. The van der Waals surface area contributed by atoms with Gasteiger partial charge in [0.15, 0.2) is 18.3 Å². The molecular formula is C19H33NO6. The summed E-state index contributed by atoms with van der Waals surface area (Å²) in [5.41, 5.74) is 0. The molecule has 1 aliphatic heterocycles. The molecule has 26 heavy (non-hydrogen) atoms. The molecule has 1 amide bonds. The Bertz CT molecular complexity index is 453. The van der Waals surface area contributed by atoms with E-state index < -0.39 is 36.3 Å². The summed E-state index contributed by atoms with van der Waals surface area (Å²) in [6.07, 6.45) is 8.77. The highest BCUT2D eigenvalue weighted by Gasteiger charge is 2.48. The van der Waals surface area contributed by atoms with E-state index in [0.717, 1.165) is 19.3 Å². The standard InChI is InChI=1S/C19H33NO6/c1-2-3-4-5-6-7-8-9-10-11-12-13-20-18(24)16(23)17-14(21)15(22)19(25)26-17/h12-17,21-23H,2-11H2,1H3,(H,20,24)/t14-,15+,16-,17+/m1/s1. The molecule has 7 nitrogen and oxygen atoms in total. The summed E-state index contributed by atoms with van der Waals surface area (Å²) >= 11 is 0. The summed E-state index contributed by atoms with van der Waals surface area (Å²) in [5.74, 6) is -1.84. The first-order valence-corrected chi connectivity index (χ1v) is 9.69. The third-order valence-electron chi connectivity index (χ3n) is 4.55. The normalized spacial score (nSPS) is 24.0. The van der Waals surface area contributed by atoms with Crippen LogP contribution in [0.25, 0.3) is 0 Å². The van der Waals surface area contributed by atoms with Crippen molar-refractivity contribution < 1.29 is 29.6 Å². The topological polar surface area (TPSA) is 116 Å². The zero-order valence-electron chi connectivity index (χ0n) is 15.6. The first kappa shape index (κ1) is 22.6. The van der Waals surface area contributed by atoms with Crippen molar-refractivity contribution in [3.05, 3.63) is 12.3 Å². The van der Waals surface area contributed by atoms with E-state index in [1.54, 1.807) is 6.08 Å². The maximum Gasteiger partial charge on any atom is 0.338 e. The lowest BCUT2D eigenvalue weighted by atomic mass is 10.1. The molecule has 0 spiro atoms. The monoisotopic (exact) mass is 371 g/mol. The van der Waals surface area contributed by atoms with Crippen LogP contribution in [0, 0.1) is 0 Å². The van der Waals surface area contributed by atoms with Crippen LogP contribution in [0.1, 0.15) is 71.1 Å². The number of carbonyl (C=O) groups is 2. The first-order valence-electron chi connectivity index (χ1n) is 9.69. The minimum absolute atomic E-state index is 0.792. The van der Waals surface area contributed by atoms with Gasteiger partial charge in [-0.05, 0) is 19.0 Å². The summed E-state index contributed by atoms with van der Waals surface area (Å²) < 4.78 is 4.61. The third kappa shape index (κ3) is 7.85. The van der Waals surface area contributed by atoms with Gasteiger partial charge in [0.25, 0.3) is 5.91 Å². The molecule has 0 bridgehead atoms. The molecule has 0 aromatic carbocycles. The van der Waals surface area contributed by atoms with Crippen molar-refractivity contribution in [2.24, 2.45) is 0 Å². The van der Waals surface area contributed by atoms with Crippen molar-refractivity contribution >= 4 is 11.9 Å². The molecular weight excluding hydrogens is 338 g/mol. The van der Waals surface area contributed by atoms with Gasteiger partial charge in [0, 0.05) is 0 Å². The van der Waals surface area contributed by atoms with Crippen LogP contribution in [-0.4, -0.2) is 51.6 Å². The van der Waals surface area contributed by atoms with Crippen LogP contribution < -0.4 is 5.32 Å². The maximum atomic E-state index is 11.8. The van der Waals surface area contributed by atoms with Crippen LogP contribution in [0.5, 0.6) is 0 Å². The molecule has 1 heterocycles. The number of aliphatic hydroxyl groups excluding tert-OH is 3. The van der Waals surface area contributed by atoms with Crippen molar-refractivity contribution in [1.29, 1.82) is 0 Å². The van der Waals surface area contributed by atoms with Crippen molar-refractivity contribution in [3.63, 3.8) is 0 Å². The Kier molecular flexibility index (Phi) is 11.2. The maximum absolute atomic E-state index is 11.8. The number of hydrogen-bond acceptors (Lipinski definition) is 6. The van der Waals surface area contributed by atoms with Crippen molar-refractivity contribution in [1.82, 2.24) is 5.32 Å². The van der Waals surface area contributed by atoms with Crippen LogP contribution in [0.4, 0.5) is 0 Å². The van der Waals surface area contributed by atoms with Crippen LogP contribution in [0.2, 0.25) is 0 Å². The van der Waals surface area contributed by atoms with Gasteiger partial charge in [0.1, 0.15) is 6.10 Å². The number of esters is 1. The number of allylic oxidation sites excluding steroid dienone is 1. The minimum atomic E-state index is -1.73. The fourth-order valence-corrected chi connectivity index (χ4v) is 2.88. The second kappa shape index (κ2) is 12.8. The minimum Gasteiger partial charge on any atom is -0.454 e. The van der Waals surface area contributed by atoms with E-state index >= 15 is 0 Å². The fourth-order valence-electron chi connectivity index (χ4n) is 2.88. The van der Waals surface area contributed by atoms with Crippen LogP contribution in [0.15, 0.2) is 12.3 Å². The quantitative estimate of drug-likeness (QED) is 0.288. The zero-order valence-corrected chi connectivity index (χ0v) is 15.6. The predicted molar refractivity (Wildman–Crippen MR) is 97.0 cm³/mol. The molecule has 0 unspecified atom stereocenters. The molecule has 0 radical (unpaired) electrons. The van der Waals surface area contributed by atoms with E-state index in [1.165, 1.54) is 51.1 Å². The number of aliphatic hydroxyl groups is 3. The van der Waals surface area contributed by atoms with E-state index in [-0.39, 0.29) is 0 Å². The second-order valence-electron chi connectivity index (χ2n) is 6.81. The van der Waals surface area contributed by atoms with Gasteiger partial charge in [-0.25, -0.2) is 4.79 Å². The lowest BCUT2D eigenvalue weighted by Gasteiger charge is -2.18. The number of amides is 1. The van der Waals surface area contributed by atoms with Gasteiger partial charge in [-0.2, -0.15) is 0 Å². The van der Waals surface area contributed by atoms with E-state index in [9.17, 15) is 24.9 Å². The molecule has 0 saturated carbocycles. The Morgan fingerprint density at radius 3 is 2.23 bits per heavy atom. The lowest BCUT2D eigenvalue weighted by Crippen LogP contribution is -2.46. The van der Waals surface area contributed by atoms with Gasteiger partial charge >= 0.3 is 5.97 Å². The molecule has 1 saturated heterocycles. The summed E-state index contributed by atoms with van der Waals surface area (Å²) in [5, 5.41) is 31.0. The van der Waals surface area contributed by atoms with Gasteiger partial charge in [-0.1, -0.05) is 64.4 Å². The predicted octanol–water partition coefficient (Wildman–Crippen LogP) is 1.55. The molecule has 0 aromatic rings. The van der Waals surface area contributed by atoms with Gasteiger partial charge in [0.2, 0.25) is 0 Å². The number of nitrogens with one attached hydrogen (secondary N) is 1. The second-order valence-corrected chi connectivity index (χ2v) is 6.81. The Labute approximate surface area is 155 Å². The summed E-state index contributed by atoms with van der Waals surface area (Å²) in [6.45, 7) is 2.22. The Morgan fingerprint density at radius 2 is 1.69 bits per heavy atom. The highest BCUT2D eigenvalue weighted by atomic mass is 16.6. The average molecular weight is 371 g/mol. The Balaban J connectivity index is 2.07. The zero-order chi connectivity index (χ0) is 19.4. The number of carbonyl (C=O) groups excluding carboxylic acids is 2. The smallest absolute Gasteiger partial charge is 0.338 e. The Morgan fingerprint density at radius 1 is 1.12 bits per heavy atom. The molecule has 4 N–H and O–H groups in total. The molecule has 1 fully saturated rings. The van der Waals surface area contributed by atoms with Crippen LogP contribution in [-0.2, 0) is 14.3 Å². The molecule has 1 rings (SSSR count).